The van der Waals surface area contributed by atoms with Crippen LogP contribution in [0.2, 0.25) is 0 Å². The molecular formula is C16H14N6O2. The lowest BCUT2D eigenvalue weighted by Crippen LogP contribution is -2.36. The average Bonchev–Trinajstić information content (AvgIpc) is 3.21. The highest BCUT2D eigenvalue weighted by molar-refractivity contribution is 6.39. The molecule has 0 atom stereocenters. The predicted octanol–water partition coefficient (Wildman–Crippen LogP) is 1.06. The fraction of sp³-hybridized carbons (Fsp3) is 0.125. The minimum Gasteiger partial charge on any atom is -0.361 e. The van der Waals surface area contributed by atoms with Crippen LogP contribution < -0.4 is 10.6 Å². The molecule has 8 nitrogen and oxygen atoms in total. The van der Waals surface area contributed by atoms with Crippen LogP contribution >= 0.6 is 0 Å². The molecule has 0 bridgehead atoms. The highest BCUT2D eigenvalue weighted by Gasteiger charge is 2.16. The van der Waals surface area contributed by atoms with Crippen LogP contribution in [0.4, 0.5) is 5.82 Å². The lowest BCUT2D eigenvalue weighted by Gasteiger charge is -2.05. The van der Waals surface area contributed by atoms with Gasteiger partial charge < -0.3 is 15.6 Å². The van der Waals surface area contributed by atoms with Crippen LogP contribution in [0, 0.1) is 11.3 Å². The summed E-state index contributed by atoms with van der Waals surface area (Å²) in [6.07, 6.45) is 3.75. The SMILES string of the molecule is N#Cc1cn[nH]c1NC(=O)C(=O)NCCc1c[nH]c2ccccc12. The van der Waals surface area contributed by atoms with Crippen molar-refractivity contribution in [2.75, 3.05) is 11.9 Å². The van der Waals surface area contributed by atoms with Gasteiger partial charge in [0.15, 0.2) is 0 Å². The molecule has 0 radical (unpaired) electrons. The molecular weight excluding hydrogens is 308 g/mol. The Kier molecular flexibility index (Phi) is 4.25. The summed E-state index contributed by atoms with van der Waals surface area (Å²) in [4.78, 5) is 26.8. The van der Waals surface area contributed by atoms with E-state index in [1.54, 1.807) is 0 Å². The monoisotopic (exact) mass is 322 g/mol. The first kappa shape index (κ1) is 15.3. The van der Waals surface area contributed by atoms with Crippen molar-refractivity contribution >= 4 is 28.5 Å². The first-order valence-corrected chi connectivity index (χ1v) is 7.26. The molecule has 0 unspecified atom stereocenters. The van der Waals surface area contributed by atoms with Gasteiger partial charge in [-0.25, -0.2) is 0 Å². The van der Waals surface area contributed by atoms with Crippen molar-refractivity contribution in [1.29, 1.82) is 5.26 Å². The van der Waals surface area contributed by atoms with Crippen molar-refractivity contribution in [1.82, 2.24) is 20.5 Å². The van der Waals surface area contributed by atoms with Crippen LogP contribution in [-0.2, 0) is 16.0 Å². The van der Waals surface area contributed by atoms with Gasteiger partial charge in [0.05, 0.1) is 6.20 Å². The van der Waals surface area contributed by atoms with Crippen LogP contribution in [0.5, 0.6) is 0 Å². The van der Waals surface area contributed by atoms with Crippen molar-refractivity contribution in [3.63, 3.8) is 0 Å². The fourth-order valence-corrected chi connectivity index (χ4v) is 2.37. The summed E-state index contributed by atoms with van der Waals surface area (Å²) in [6.45, 7) is 0.322. The molecule has 120 valence electrons. The number of carbonyl (C=O) groups excluding carboxylic acids is 2. The molecule has 1 aromatic carbocycles. The van der Waals surface area contributed by atoms with Crippen LogP contribution in [0.15, 0.2) is 36.7 Å². The molecule has 8 heteroatoms. The number of aromatic nitrogens is 3. The molecule has 0 aliphatic rings. The van der Waals surface area contributed by atoms with E-state index >= 15 is 0 Å². The van der Waals surface area contributed by atoms with Gasteiger partial charge in [0.1, 0.15) is 17.5 Å². The van der Waals surface area contributed by atoms with Gasteiger partial charge in [-0.1, -0.05) is 18.2 Å². The molecule has 3 aromatic rings. The number of aromatic amines is 2. The van der Waals surface area contributed by atoms with Crippen LogP contribution in [0.25, 0.3) is 10.9 Å². The van der Waals surface area contributed by atoms with E-state index in [2.05, 4.69) is 25.8 Å². The standard InChI is InChI=1S/C16H14N6O2/c17-7-11-9-20-22-14(11)21-16(24)15(23)18-6-5-10-8-19-13-4-2-1-3-12(10)13/h1-4,8-9,19H,5-6H2,(H,18,23)(H2,20,21,22,24). The number of H-pyrrole nitrogens is 2. The Balaban J connectivity index is 1.54. The second kappa shape index (κ2) is 6.66. The highest BCUT2D eigenvalue weighted by Crippen LogP contribution is 2.17. The number of nitrogens with zero attached hydrogens (tertiary/aromatic N) is 2. The topological polar surface area (TPSA) is 126 Å². The van der Waals surface area contributed by atoms with E-state index in [1.165, 1.54) is 6.20 Å². The molecule has 4 N–H and O–H groups in total. The average molecular weight is 322 g/mol. The minimum atomic E-state index is -0.852. The Labute approximate surface area is 136 Å². The summed E-state index contributed by atoms with van der Waals surface area (Å²) >= 11 is 0. The maximum Gasteiger partial charge on any atom is 0.314 e. The number of fused-ring (bicyclic) bond motifs is 1. The third kappa shape index (κ3) is 3.10. The van der Waals surface area contributed by atoms with E-state index in [9.17, 15) is 9.59 Å². The van der Waals surface area contributed by atoms with E-state index in [0.717, 1.165) is 16.5 Å². The number of rotatable bonds is 4. The summed E-state index contributed by atoms with van der Waals surface area (Å²) < 4.78 is 0. The van der Waals surface area contributed by atoms with E-state index in [-0.39, 0.29) is 11.4 Å². The number of hydrogen-bond acceptors (Lipinski definition) is 4. The van der Waals surface area contributed by atoms with Crippen molar-refractivity contribution in [2.45, 2.75) is 6.42 Å². The first-order valence-electron chi connectivity index (χ1n) is 7.26. The number of nitriles is 1. The van der Waals surface area contributed by atoms with Gasteiger partial charge in [0.2, 0.25) is 0 Å². The van der Waals surface area contributed by atoms with Crippen molar-refractivity contribution in [3.8, 4) is 6.07 Å². The van der Waals surface area contributed by atoms with Gasteiger partial charge in [-0.3, -0.25) is 14.7 Å². The van der Waals surface area contributed by atoms with Gasteiger partial charge in [-0.15, -0.1) is 0 Å². The van der Waals surface area contributed by atoms with E-state index in [4.69, 9.17) is 5.26 Å². The van der Waals surface area contributed by atoms with Gasteiger partial charge in [-0.05, 0) is 18.1 Å². The van der Waals surface area contributed by atoms with Crippen LogP contribution in [0.3, 0.4) is 0 Å². The Hall–Kier alpha value is -3.60. The Morgan fingerprint density at radius 1 is 1.25 bits per heavy atom. The number of carbonyl (C=O) groups is 2. The molecule has 0 aliphatic carbocycles. The normalized spacial score (nSPS) is 10.3. The van der Waals surface area contributed by atoms with E-state index in [0.29, 0.717) is 13.0 Å². The second-order valence-electron chi connectivity index (χ2n) is 5.09. The number of nitrogens with one attached hydrogen (secondary N) is 4. The zero-order valence-electron chi connectivity index (χ0n) is 12.6. The summed E-state index contributed by atoms with van der Waals surface area (Å²) in [7, 11) is 0. The molecule has 0 fully saturated rings. The number of anilines is 1. The maximum atomic E-state index is 11.8. The molecule has 3 rings (SSSR count). The van der Waals surface area contributed by atoms with Gasteiger partial charge in [-0.2, -0.15) is 10.4 Å². The molecule has 0 saturated heterocycles. The third-order valence-electron chi connectivity index (χ3n) is 3.56. The zero-order chi connectivity index (χ0) is 16.9. The highest BCUT2D eigenvalue weighted by atomic mass is 16.2. The smallest absolute Gasteiger partial charge is 0.314 e. The second-order valence-corrected chi connectivity index (χ2v) is 5.09. The predicted molar refractivity (Wildman–Crippen MR) is 86.9 cm³/mol. The number of hydrogen-bond donors (Lipinski definition) is 4. The molecule has 0 spiro atoms. The van der Waals surface area contributed by atoms with Crippen molar-refractivity contribution < 1.29 is 9.59 Å². The number of benzene rings is 1. The summed E-state index contributed by atoms with van der Waals surface area (Å²) in [6, 6.07) is 9.72. The molecule has 24 heavy (non-hydrogen) atoms. The zero-order valence-corrected chi connectivity index (χ0v) is 12.6. The number of para-hydroxylation sites is 1. The summed E-state index contributed by atoms with van der Waals surface area (Å²) in [5, 5.41) is 20.9. The Morgan fingerprint density at radius 3 is 2.92 bits per heavy atom. The van der Waals surface area contributed by atoms with Crippen molar-refractivity contribution in [3.05, 3.63) is 47.8 Å². The molecule has 0 saturated carbocycles. The molecule has 2 aromatic heterocycles. The van der Waals surface area contributed by atoms with Gasteiger partial charge in [0.25, 0.3) is 0 Å². The maximum absolute atomic E-state index is 11.8. The molecule has 2 heterocycles. The third-order valence-corrected chi connectivity index (χ3v) is 3.56. The van der Waals surface area contributed by atoms with Gasteiger partial charge >= 0.3 is 11.8 Å². The Morgan fingerprint density at radius 2 is 2.08 bits per heavy atom. The first-order chi connectivity index (χ1) is 11.7. The van der Waals surface area contributed by atoms with Crippen molar-refractivity contribution in [2.24, 2.45) is 0 Å². The fourth-order valence-electron chi connectivity index (χ4n) is 2.37. The molecule has 2 amide bonds. The summed E-state index contributed by atoms with van der Waals surface area (Å²) in [5.74, 6) is -1.52. The largest absolute Gasteiger partial charge is 0.361 e. The van der Waals surface area contributed by atoms with Crippen LogP contribution in [0.1, 0.15) is 11.1 Å². The summed E-state index contributed by atoms with van der Waals surface area (Å²) in [5.41, 5.74) is 2.25. The Bertz CT molecular complexity index is 933. The number of amides is 2. The van der Waals surface area contributed by atoms with Gasteiger partial charge in [0, 0.05) is 23.6 Å². The lowest BCUT2D eigenvalue weighted by molar-refractivity contribution is -0.136. The minimum absolute atomic E-state index is 0.106. The molecule has 0 aliphatic heterocycles. The van der Waals surface area contributed by atoms with Crippen LogP contribution in [-0.4, -0.2) is 33.5 Å². The van der Waals surface area contributed by atoms with E-state index < -0.39 is 11.8 Å². The quantitative estimate of drug-likeness (QED) is 0.536. The lowest BCUT2D eigenvalue weighted by atomic mass is 10.1. The van der Waals surface area contributed by atoms with E-state index in [1.807, 2.05) is 36.5 Å².